The molecule has 96 valence electrons. The highest BCUT2D eigenvalue weighted by molar-refractivity contribution is 7.97. The largest absolute Gasteiger partial charge is 0.296 e. The first-order valence-corrected chi connectivity index (χ1v) is 7.47. The Hall–Kier alpha value is -1.22. The molecule has 3 heteroatoms. The SMILES string of the molecule is CCc1ccccc1CSNC(=O)C1=CCCC1. The molecule has 0 saturated carbocycles. The van der Waals surface area contributed by atoms with Gasteiger partial charge in [-0.25, -0.2) is 0 Å². The fraction of sp³-hybridized carbons (Fsp3) is 0.400. The number of allylic oxidation sites excluding steroid dienone is 1. The standard InChI is InChI=1S/C15H19NOS/c1-2-12-7-3-6-10-14(12)11-18-16-15(17)13-8-4-5-9-13/h3,6-8,10H,2,4-5,9,11H2,1H3,(H,16,17). The third-order valence-electron chi connectivity index (χ3n) is 3.22. The van der Waals surface area contributed by atoms with Crippen molar-refractivity contribution in [3.63, 3.8) is 0 Å². The number of rotatable bonds is 5. The molecular weight excluding hydrogens is 242 g/mol. The van der Waals surface area contributed by atoms with Crippen LogP contribution in [0.15, 0.2) is 35.9 Å². The van der Waals surface area contributed by atoms with E-state index in [0.29, 0.717) is 0 Å². The molecule has 1 amide bonds. The van der Waals surface area contributed by atoms with E-state index >= 15 is 0 Å². The van der Waals surface area contributed by atoms with Gasteiger partial charge in [0.25, 0.3) is 5.91 Å². The molecule has 18 heavy (non-hydrogen) atoms. The average molecular weight is 261 g/mol. The second-order valence-corrected chi connectivity index (χ2v) is 5.25. The number of carbonyl (C=O) groups is 1. The summed E-state index contributed by atoms with van der Waals surface area (Å²) in [6.07, 6.45) is 6.18. The molecule has 1 aliphatic rings. The summed E-state index contributed by atoms with van der Waals surface area (Å²) in [5.41, 5.74) is 3.62. The zero-order valence-corrected chi connectivity index (χ0v) is 11.6. The number of amides is 1. The molecule has 1 N–H and O–H groups in total. The Morgan fingerprint density at radius 3 is 2.78 bits per heavy atom. The molecule has 0 atom stereocenters. The van der Waals surface area contributed by atoms with E-state index in [-0.39, 0.29) is 5.91 Å². The van der Waals surface area contributed by atoms with Crippen molar-refractivity contribution in [1.82, 2.24) is 4.72 Å². The van der Waals surface area contributed by atoms with Gasteiger partial charge >= 0.3 is 0 Å². The van der Waals surface area contributed by atoms with Crippen molar-refractivity contribution in [2.45, 2.75) is 38.4 Å². The summed E-state index contributed by atoms with van der Waals surface area (Å²) in [5, 5.41) is 0. The monoisotopic (exact) mass is 261 g/mol. The van der Waals surface area contributed by atoms with Gasteiger partial charge in [0.15, 0.2) is 0 Å². The van der Waals surface area contributed by atoms with Crippen LogP contribution in [0.25, 0.3) is 0 Å². The minimum Gasteiger partial charge on any atom is -0.296 e. The van der Waals surface area contributed by atoms with E-state index in [2.05, 4.69) is 42.0 Å². The number of hydrogen-bond donors (Lipinski definition) is 1. The molecule has 2 rings (SSSR count). The molecule has 0 aromatic heterocycles. The summed E-state index contributed by atoms with van der Waals surface area (Å²) >= 11 is 1.49. The van der Waals surface area contributed by atoms with Crippen LogP contribution < -0.4 is 4.72 Å². The highest BCUT2D eigenvalue weighted by Gasteiger charge is 2.12. The summed E-state index contributed by atoms with van der Waals surface area (Å²) in [6.45, 7) is 2.16. The minimum atomic E-state index is 0.0893. The zero-order chi connectivity index (χ0) is 12.8. The number of carbonyl (C=O) groups excluding carboxylic acids is 1. The van der Waals surface area contributed by atoms with Crippen molar-refractivity contribution < 1.29 is 4.79 Å². The summed E-state index contributed by atoms with van der Waals surface area (Å²) in [7, 11) is 0. The maximum Gasteiger partial charge on any atom is 0.256 e. The van der Waals surface area contributed by atoms with Gasteiger partial charge in [-0.05, 0) is 48.8 Å². The van der Waals surface area contributed by atoms with E-state index in [1.54, 1.807) is 0 Å². The molecule has 1 aliphatic carbocycles. The fourth-order valence-electron chi connectivity index (χ4n) is 2.17. The number of benzene rings is 1. The van der Waals surface area contributed by atoms with E-state index in [4.69, 9.17) is 0 Å². The van der Waals surface area contributed by atoms with Crippen LogP contribution in [0.5, 0.6) is 0 Å². The number of hydrogen-bond acceptors (Lipinski definition) is 2. The number of nitrogens with one attached hydrogen (secondary N) is 1. The Bertz CT molecular complexity index is 454. The Kier molecular flexibility index (Phi) is 4.88. The molecule has 0 fully saturated rings. The predicted octanol–water partition coefficient (Wildman–Crippen LogP) is 3.62. The van der Waals surface area contributed by atoms with Crippen LogP contribution in [0.2, 0.25) is 0 Å². The van der Waals surface area contributed by atoms with Crippen LogP contribution in [0, 0.1) is 0 Å². The van der Waals surface area contributed by atoms with Gasteiger partial charge in [0.1, 0.15) is 0 Å². The summed E-state index contributed by atoms with van der Waals surface area (Å²) in [5.74, 6) is 0.926. The second kappa shape index (κ2) is 6.64. The Morgan fingerprint density at radius 2 is 2.11 bits per heavy atom. The molecule has 0 spiro atoms. The number of aryl methyl sites for hydroxylation is 1. The van der Waals surface area contributed by atoms with E-state index in [0.717, 1.165) is 37.0 Å². The van der Waals surface area contributed by atoms with Crippen LogP contribution in [-0.4, -0.2) is 5.91 Å². The Balaban J connectivity index is 1.83. The van der Waals surface area contributed by atoms with Crippen LogP contribution in [-0.2, 0) is 17.0 Å². The minimum absolute atomic E-state index is 0.0893. The first-order valence-electron chi connectivity index (χ1n) is 6.49. The summed E-state index contributed by atoms with van der Waals surface area (Å²) < 4.78 is 2.93. The Labute approximate surface area is 113 Å². The van der Waals surface area contributed by atoms with Crippen molar-refractivity contribution in [1.29, 1.82) is 0 Å². The van der Waals surface area contributed by atoms with Gasteiger partial charge in [-0.1, -0.05) is 37.3 Å². The normalized spacial score (nSPS) is 14.4. The van der Waals surface area contributed by atoms with Crippen LogP contribution >= 0.6 is 11.9 Å². The molecule has 0 unspecified atom stereocenters. The second-order valence-electron chi connectivity index (χ2n) is 4.46. The van der Waals surface area contributed by atoms with Gasteiger partial charge in [-0.2, -0.15) is 0 Å². The van der Waals surface area contributed by atoms with E-state index in [9.17, 15) is 4.79 Å². The van der Waals surface area contributed by atoms with Crippen molar-refractivity contribution in [3.05, 3.63) is 47.0 Å². The van der Waals surface area contributed by atoms with E-state index in [1.807, 2.05) is 0 Å². The Morgan fingerprint density at radius 1 is 1.33 bits per heavy atom. The van der Waals surface area contributed by atoms with Crippen LogP contribution in [0.4, 0.5) is 0 Å². The van der Waals surface area contributed by atoms with Crippen molar-refractivity contribution in [3.8, 4) is 0 Å². The maximum absolute atomic E-state index is 11.8. The highest BCUT2D eigenvalue weighted by Crippen LogP contribution is 2.19. The lowest BCUT2D eigenvalue weighted by molar-refractivity contribution is -0.115. The molecular formula is C15H19NOS. The predicted molar refractivity (Wildman–Crippen MR) is 77.2 cm³/mol. The zero-order valence-electron chi connectivity index (χ0n) is 10.7. The first kappa shape index (κ1) is 13.2. The van der Waals surface area contributed by atoms with Gasteiger partial charge in [0.05, 0.1) is 0 Å². The topological polar surface area (TPSA) is 29.1 Å². The van der Waals surface area contributed by atoms with Crippen LogP contribution in [0.1, 0.15) is 37.3 Å². The smallest absolute Gasteiger partial charge is 0.256 e. The van der Waals surface area contributed by atoms with Gasteiger partial charge in [-0.15, -0.1) is 0 Å². The van der Waals surface area contributed by atoms with Crippen molar-refractivity contribution in [2.75, 3.05) is 0 Å². The molecule has 1 aromatic carbocycles. The van der Waals surface area contributed by atoms with Crippen molar-refractivity contribution >= 4 is 17.9 Å². The van der Waals surface area contributed by atoms with Gasteiger partial charge in [0.2, 0.25) is 0 Å². The fourth-order valence-corrected chi connectivity index (χ4v) is 2.94. The first-order chi connectivity index (χ1) is 8.81. The van der Waals surface area contributed by atoms with Gasteiger partial charge in [0, 0.05) is 11.3 Å². The van der Waals surface area contributed by atoms with Crippen LogP contribution in [0.3, 0.4) is 0 Å². The lowest BCUT2D eigenvalue weighted by atomic mass is 10.1. The molecule has 1 aromatic rings. The quantitative estimate of drug-likeness (QED) is 0.820. The van der Waals surface area contributed by atoms with E-state index in [1.165, 1.54) is 23.1 Å². The van der Waals surface area contributed by atoms with Crippen molar-refractivity contribution in [2.24, 2.45) is 0 Å². The third kappa shape index (κ3) is 3.39. The summed E-state index contributed by atoms with van der Waals surface area (Å²) in [4.78, 5) is 11.8. The molecule has 0 saturated heterocycles. The van der Waals surface area contributed by atoms with Gasteiger partial charge < -0.3 is 0 Å². The van der Waals surface area contributed by atoms with E-state index < -0.39 is 0 Å². The lowest BCUT2D eigenvalue weighted by Crippen LogP contribution is -2.17. The average Bonchev–Trinajstić information content (AvgIpc) is 2.93. The molecule has 0 radical (unpaired) electrons. The lowest BCUT2D eigenvalue weighted by Gasteiger charge is -2.08. The third-order valence-corrected chi connectivity index (χ3v) is 4.01. The molecule has 0 heterocycles. The summed E-state index contributed by atoms with van der Waals surface area (Å²) in [6, 6.07) is 8.40. The highest BCUT2D eigenvalue weighted by atomic mass is 32.2. The molecule has 0 aliphatic heterocycles. The van der Waals surface area contributed by atoms with Gasteiger partial charge in [-0.3, -0.25) is 9.52 Å². The molecule has 2 nitrogen and oxygen atoms in total. The molecule has 0 bridgehead atoms. The maximum atomic E-state index is 11.8.